The molecule has 0 heterocycles. The average molecular weight is 230 g/mol. The Morgan fingerprint density at radius 2 is 1.31 bits per heavy atom. The number of hydrogen-bond donors (Lipinski definition) is 1. The Balaban J connectivity index is 0. The van der Waals surface area contributed by atoms with Gasteiger partial charge in [0.05, 0.1) is 0 Å². The predicted molar refractivity (Wildman–Crippen MR) is 75.9 cm³/mol. The fourth-order valence-electron chi connectivity index (χ4n) is 1.52. The van der Waals surface area contributed by atoms with E-state index < -0.39 is 0 Å². The Bertz CT molecular complexity index is 101. The third kappa shape index (κ3) is 19.5. The normalized spacial score (nSPS) is 10.1. The lowest BCUT2D eigenvalue weighted by molar-refractivity contribution is 0.327. The van der Waals surface area contributed by atoms with Crippen molar-refractivity contribution < 1.29 is 0 Å². The van der Waals surface area contributed by atoms with E-state index in [1.54, 1.807) is 0 Å². The topological polar surface area (TPSA) is 29.3 Å². The Morgan fingerprint density at radius 3 is 1.69 bits per heavy atom. The second-order valence-electron chi connectivity index (χ2n) is 4.51. The van der Waals surface area contributed by atoms with Gasteiger partial charge in [0.15, 0.2) is 0 Å². The molecule has 0 saturated carbocycles. The molecule has 100 valence electrons. The molecule has 0 rings (SSSR count). The van der Waals surface area contributed by atoms with Crippen molar-refractivity contribution in [3.8, 4) is 0 Å². The van der Waals surface area contributed by atoms with E-state index in [2.05, 4.69) is 32.7 Å². The van der Waals surface area contributed by atoms with Gasteiger partial charge >= 0.3 is 0 Å². The lowest BCUT2D eigenvalue weighted by atomic mass is 10.2. The molecule has 0 atom stereocenters. The van der Waals surface area contributed by atoms with Crippen LogP contribution in [0.4, 0.5) is 0 Å². The minimum absolute atomic E-state index is 0.833. The summed E-state index contributed by atoms with van der Waals surface area (Å²) < 4.78 is 0. The van der Waals surface area contributed by atoms with Crippen molar-refractivity contribution in [1.29, 1.82) is 0 Å². The van der Waals surface area contributed by atoms with Gasteiger partial charge in [-0.15, -0.1) is 0 Å². The molecule has 0 aliphatic carbocycles. The third-order valence-electron chi connectivity index (χ3n) is 2.56. The average Bonchev–Trinajstić information content (AvgIpc) is 2.28. The van der Waals surface area contributed by atoms with Crippen LogP contribution in [0.25, 0.3) is 0 Å². The summed E-state index contributed by atoms with van der Waals surface area (Å²) >= 11 is 0. The van der Waals surface area contributed by atoms with Crippen molar-refractivity contribution >= 4 is 0 Å². The molecule has 0 spiro atoms. The first kappa shape index (κ1) is 18.3. The zero-order valence-electron chi connectivity index (χ0n) is 12.1. The van der Waals surface area contributed by atoms with E-state index in [1.165, 1.54) is 51.6 Å². The van der Waals surface area contributed by atoms with E-state index in [1.807, 2.05) is 0 Å². The highest BCUT2D eigenvalue weighted by Gasteiger charge is 1.93. The second kappa shape index (κ2) is 17.3. The lowest BCUT2D eigenvalue weighted by Crippen LogP contribution is -2.20. The summed E-state index contributed by atoms with van der Waals surface area (Å²) in [5.41, 5.74) is 5.37. The molecule has 2 N–H and O–H groups in total. The summed E-state index contributed by atoms with van der Waals surface area (Å²) in [6, 6.07) is 0. The van der Waals surface area contributed by atoms with Gasteiger partial charge in [0.1, 0.15) is 0 Å². The lowest BCUT2D eigenvalue weighted by Gasteiger charge is -2.14. The van der Waals surface area contributed by atoms with Crippen LogP contribution < -0.4 is 5.73 Å². The number of rotatable bonds is 9. The van der Waals surface area contributed by atoms with Gasteiger partial charge in [0.2, 0.25) is 0 Å². The maximum absolute atomic E-state index is 5.37. The first-order valence-corrected chi connectivity index (χ1v) is 7.11. The summed E-state index contributed by atoms with van der Waals surface area (Å²) in [5.74, 6) is 0. The molecule has 0 aromatic heterocycles. The van der Waals surface area contributed by atoms with Crippen LogP contribution in [0.15, 0.2) is 0 Å². The van der Waals surface area contributed by atoms with Gasteiger partial charge in [0, 0.05) is 0 Å². The molecular formula is C14H34N2. The highest BCUT2D eigenvalue weighted by atomic mass is 15.1. The maximum Gasteiger partial charge on any atom is -0.00213 e. The molecule has 0 bridgehead atoms. The largest absolute Gasteiger partial charge is 0.330 e. The number of nitrogens with zero attached hydrogens (tertiary/aromatic N) is 1. The molecule has 0 aromatic carbocycles. The van der Waals surface area contributed by atoms with E-state index >= 15 is 0 Å². The Kier molecular flexibility index (Phi) is 19.8. The van der Waals surface area contributed by atoms with Crippen molar-refractivity contribution in [2.24, 2.45) is 5.73 Å². The summed E-state index contributed by atoms with van der Waals surface area (Å²) in [6.45, 7) is 9.92. The van der Waals surface area contributed by atoms with Crippen LogP contribution in [0.5, 0.6) is 0 Å². The minimum Gasteiger partial charge on any atom is -0.330 e. The highest BCUT2D eigenvalue weighted by molar-refractivity contribution is 4.50. The molecule has 16 heavy (non-hydrogen) atoms. The van der Waals surface area contributed by atoms with Crippen molar-refractivity contribution in [2.75, 3.05) is 26.7 Å². The van der Waals surface area contributed by atoms with Crippen LogP contribution >= 0.6 is 0 Å². The second-order valence-corrected chi connectivity index (χ2v) is 4.51. The van der Waals surface area contributed by atoms with Crippen molar-refractivity contribution in [3.05, 3.63) is 0 Å². The quantitative estimate of drug-likeness (QED) is 0.613. The van der Waals surface area contributed by atoms with Gasteiger partial charge in [-0.25, -0.2) is 0 Å². The van der Waals surface area contributed by atoms with E-state index in [0.29, 0.717) is 0 Å². The van der Waals surface area contributed by atoms with Gasteiger partial charge in [-0.3, -0.25) is 0 Å². The zero-order valence-corrected chi connectivity index (χ0v) is 12.1. The van der Waals surface area contributed by atoms with Crippen LogP contribution in [-0.2, 0) is 0 Å². The number of unbranched alkanes of at least 4 members (excludes halogenated alkanes) is 4. The van der Waals surface area contributed by atoms with E-state index in [0.717, 1.165) is 13.0 Å². The van der Waals surface area contributed by atoms with Gasteiger partial charge in [-0.05, 0) is 45.9 Å². The Morgan fingerprint density at radius 1 is 0.750 bits per heavy atom. The van der Waals surface area contributed by atoms with Crippen LogP contribution in [0.1, 0.15) is 65.7 Å². The molecule has 0 fully saturated rings. The molecule has 2 heteroatoms. The van der Waals surface area contributed by atoms with Crippen LogP contribution in [-0.4, -0.2) is 31.6 Å². The molecule has 0 aliphatic heterocycles. The number of hydrogen-bond acceptors (Lipinski definition) is 2. The highest BCUT2D eigenvalue weighted by Crippen LogP contribution is 1.95. The standard InChI is InChI=1S/C8H20N2.C6H14/c1-3-7-10(2)8-5-4-6-9;1-3-5-6-4-2/h3-9H2,1-2H3;3-6H2,1-2H3. The molecule has 0 aromatic rings. The van der Waals surface area contributed by atoms with Crippen LogP contribution in [0.3, 0.4) is 0 Å². The zero-order chi connectivity index (χ0) is 12.6. The van der Waals surface area contributed by atoms with Crippen LogP contribution in [0.2, 0.25) is 0 Å². The van der Waals surface area contributed by atoms with Gasteiger partial charge in [-0.2, -0.15) is 0 Å². The fourth-order valence-corrected chi connectivity index (χ4v) is 1.52. The monoisotopic (exact) mass is 230 g/mol. The minimum atomic E-state index is 0.833. The van der Waals surface area contributed by atoms with Crippen molar-refractivity contribution in [3.63, 3.8) is 0 Å². The maximum atomic E-state index is 5.37. The predicted octanol–water partition coefficient (Wildman–Crippen LogP) is 3.65. The third-order valence-corrected chi connectivity index (χ3v) is 2.56. The molecule has 0 radical (unpaired) electrons. The molecule has 0 amide bonds. The smallest absolute Gasteiger partial charge is 0.00213 e. The Labute approximate surface area is 104 Å². The molecule has 0 aliphatic rings. The van der Waals surface area contributed by atoms with Crippen molar-refractivity contribution in [2.45, 2.75) is 65.7 Å². The van der Waals surface area contributed by atoms with Gasteiger partial charge in [0.25, 0.3) is 0 Å². The summed E-state index contributed by atoms with van der Waals surface area (Å²) in [4.78, 5) is 2.36. The van der Waals surface area contributed by atoms with Gasteiger partial charge in [-0.1, -0.05) is 46.5 Å². The van der Waals surface area contributed by atoms with Gasteiger partial charge < -0.3 is 10.6 Å². The summed E-state index contributed by atoms with van der Waals surface area (Å²) in [5, 5.41) is 0. The Hall–Kier alpha value is -0.0800. The van der Waals surface area contributed by atoms with E-state index in [9.17, 15) is 0 Å². The summed E-state index contributed by atoms with van der Waals surface area (Å²) in [6.07, 6.45) is 9.19. The van der Waals surface area contributed by atoms with E-state index in [-0.39, 0.29) is 0 Å². The fraction of sp³-hybridized carbons (Fsp3) is 1.00. The summed E-state index contributed by atoms with van der Waals surface area (Å²) in [7, 11) is 2.17. The SMILES string of the molecule is CCCCCC.CCCN(C)CCCCN. The molecule has 0 unspecified atom stereocenters. The first-order chi connectivity index (χ1) is 7.72. The van der Waals surface area contributed by atoms with Crippen LogP contribution in [0, 0.1) is 0 Å². The van der Waals surface area contributed by atoms with E-state index in [4.69, 9.17) is 5.73 Å². The molecule has 2 nitrogen and oxygen atoms in total. The number of nitrogens with two attached hydrogens (primary N) is 1. The molecular weight excluding hydrogens is 196 g/mol. The first-order valence-electron chi connectivity index (χ1n) is 7.11. The van der Waals surface area contributed by atoms with Crippen molar-refractivity contribution in [1.82, 2.24) is 4.90 Å². The molecule has 0 saturated heterocycles.